The minimum atomic E-state index is -4.16. The summed E-state index contributed by atoms with van der Waals surface area (Å²) < 4.78 is 45.6. The van der Waals surface area contributed by atoms with Crippen LogP contribution in [0.1, 0.15) is 10.4 Å². The zero-order valence-corrected chi connectivity index (χ0v) is 16.4. The first-order valence-corrected chi connectivity index (χ1v) is 9.50. The standard InChI is InChI=1S/C18H20FN3O5S/c1-21(2)28(25,26)22(16-11-7-5-9-14(16)19)12-17(23)20-15-10-6-4-8-13(15)18(24)27-3/h4-11H,12H2,1-3H3,(H,20,23). The van der Waals surface area contributed by atoms with Gasteiger partial charge in [-0.15, -0.1) is 0 Å². The van der Waals surface area contributed by atoms with Gasteiger partial charge in [-0.25, -0.2) is 13.5 Å². The fraction of sp³-hybridized carbons (Fsp3) is 0.222. The number of ether oxygens (including phenoxy) is 1. The summed E-state index contributed by atoms with van der Waals surface area (Å²) in [5.41, 5.74) is -0.0195. The number of rotatable bonds is 7. The van der Waals surface area contributed by atoms with Crippen LogP contribution in [-0.2, 0) is 19.7 Å². The van der Waals surface area contributed by atoms with Crippen molar-refractivity contribution in [1.29, 1.82) is 0 Å². The Morgan fingerprint density at radius 2 is 1.68 bits per heavy atom. The van der Waals surface area contributed by atoms with Crippen molar-refractivity contribution in [3.05, 3.63) is 59.9 Å². The minimum Gasteiger partial charge on any atom is -0.465 e. The summed E-state index contributed by atoms with van der Waals surface area (Å²) in [6.07, 6.45) is 0. The van der Waals surface area contributed by atoms with Crippen molar-refractivity contribution < 1.29 is 27.1 Å². The molecule has 10 heteroatoms. The van der Waals surface area contributed by atoms with Gasteiger partial charge in [-0.05, 0) is 24.3 Å². The SMILES string of the molecule is COC(=O)c1ccccc1NC(=O)CN(c1ccccc1F)S(=O)(=O)N(C)C. The minimum absolute atomic E-state index is 0.103. The van der Waals surface area contributed by atoms with Crippen LogP contribution in [0.5, 0.6) is 0 Å². The van der Waals surface area contributed by atoms with Crippen LogP contribution < -0.4 is 9.62 Å². The number of methoxy groups -OCH3 is 1. The second-order valence-corrected chi connectivity index (χ2v) is 7.90. The maximum absolute atomic E-state index is 14.2. The van der Waals surface area contributed by atoms with Crippen LogP contribution in [0.3, 0.4) is 0 Å². The smallest absolute Gasteiger partial charge is 0.339 e. The van der Waals surface area contributed by atoms with E-state index in [9.17, 15) is 22.4 Å². The van der Waals surface area contributed by atoms with E-state index in [1.165, 1.54) is 51.5 Å². The summed E-state index contributed by atoms with van der Waals surface area (Å²) in [7, 11) is -0.417. The van der Waals surface area contributed by atoms with Crippen molar-refractivity contribution in [2.75, 3.05) is 37.4 Å². The summed E-state index contributed by atoms with van der Waals surface area (Å²) in [5, 5.41) is 2.47. The Morgan fingerprint density at radius 3 is 2.29 bits per heavy atom. The molecular weight excluding hydrogens is 389 g/mol. The molecule has 0 fully saturated rings. The number of nitrogens with one attached hydrogen (secondary N) is 1. The number of para-hydroxylation sites is 2. The summed E-state index contributed by atoms with van der Waals surface area (Å²) >= 11 is 0. The number of hydrogen-bond donors (Lipinski definition) is 1. The van der Waals surface area contributed by atoms with Crippen LogP contribution >= 0.6 is 0 Å². The zero-order chi connectivity index (χ0) is 20.9. The number of amides is 1. The largest absolute Gasteiger partial charge is 0.465 e. The predicted octanol–water partition coefficient (Wildman–Crippen LogP) is 1.86. The lowest BCUT2D eigenvalue weighted by atomic mass is 10.2. The molecule has 0 aliphatic carbocycles. The van der Waals surface area contributed by atoms with Crippen molar-refractivity contribution in [2.45, 2.75) is 0 Å². The van der Waals surface area contributed by atoms with Gasteiger partial charge in [0.15, 0.2) is 0 Å². The molecule has 0 radical (unpaired) electrons. The van der Waals surface area contributed by atoms with Gasteiger partial charge in [-0.2, -0.15) is 12.7 Å². The van der Waals surface area contributed by atoms with Gasteiger partial charge in [0, 0.05) is 14.1 Å². The number of hydrogen-bond acceptors (Lipinski definition) is 5. The second-order valence-electron chi connectivity index (χ2n) is 5.83. The Morgan fingerprint density at radius 1 is 1.07 bits per heavy atom. The van der Waals surface area contributed by atoms with E-state index in [4.69, 9.17) is 0 Å². The van der Waals surface area contributed by atoms with E-state index >= 15 is 0 Å². The molecule has 2 aromatic carbocycles. The lowest BCUT2D eigenvalue weighted by Crippen LogP contribution is -2.44. The molecule has 0 saturated carbocycles. The molecule has 2 rings (SSSR count). The number of benzene rings is 2. The van der Waals surface area contributed by atoms with Crippen molar-refractivity contribution >= 4 is 33.5 Å². The quantitative estimate of drug-likeness (QED) is 0.705. The molecule has 28 heavy (non-hydrogen) atoms. The molecular formula is C18H20FN3O5S. The van der Waals surface area contributed by atoms with Crippen LogP contribution in [0, 0.1) is 5.82 Å². The van der Waals surface area contributed by atoms with E-state index in [-0.39, 0.29) is 16.9 Å². The van der Waals surface area contributed by atoms with Gasteiger partial charge in [-0.3, -0.25) is 4.79 Å². The number of halogens is 1. The van der Waals surface area contributed by atoms with Crippen LogP contribution in [-0.4, -0.2) is 52.3 Å². The highest BCUT2D eigenvalue weighted by molar-refractivity contribution is 7.90. The fourth-order valence-corrected chi connectivity index (χ4v) is 3.41. The van der Waals surface area contributed by atoms with Crippen molar-refractivity contribution in [3.63, 3.8) is 0 Å². The Kier molecular flexibility index (Phi) is 6.71. The molecule has 0 aliphatic rings. The Balaban J connectivity index is 2.35. The summed E-state index contributed by atoms with van der Waals surface area (Å²) in [5.74, 6) is -2.22. The first-order chi connectivity index (χ1) is 13.2. The first kappa shape index (κ1) is 21.3. The lowest BCUT2D eigenvalue weighted by Gasteiger charge is -2.27. The number of carbonyl (C=O) groups excluding carboxylic acids is 2. The van der Waals surface area contributed by atoms with Crippen molar-refractivity contribution in [2.24, 2.45) is 0 Å². The molecule has 0 saturated heterocycles. The molecule has 150 valence electrons. The van der Waals surface area contributed by atoms with Crippen LogP contribution in [0.2, 0.25) is 0 Å². The molecule has 8 nitrogen and oxygen atoms in total. The summed E-state index contributed by atoms with van der Waals surface area (Å²) in [6.45, 7) is -0.697. The molecule has 1 N–H and O–H groups in total. The monoisotopic (exact) mass is 409 g/mol. The Labute approximate surface area is 162 Å². The number of esters is 1. The Hall–Kier alpha value is -2.98. The van der Waals surface area contributed by atoms with E-state index in [1.807, 2.05) is 0 Å². The van der Waals surface area contributed by atoms with E-state index < -0.39 is 34.4 Å². The third-order valence-corrected chi connectivity index (χ3v) is 5.56. The average molecular weight is 409 g/mol. The highest BCUT2D eigenvalue weighted by Gasteiger charge is 2.29. The van der Waals surface area contributed by atoms with Crippen LogP contribution in [0.4, 0.5) is 15.8 Å². The van der Waals surface area contributed by atoms with Gasteiger partial charge in [0.25, 0.3) is 0 Å². The second kappa shape index (κ2) is 8.81. The van der Waals surface area contributed by atoms with Gasteiger partial charge in [0.1, 0.15) is 12.4 Å². The molecule has 0 aromatic heterocycles. The molecule has 0 aliphatic heterocycles. The van der Waals surface area contributed by atoms with Gasteiger partial charge in [0.2, 0.25) is 5.91 Å². The van der Waals surface area contributed by atoms with Gasteiger partial charge in [0.05, 0.1) is 24.0 Å². The predicted molar refractivity (Wildman–Crippen MR) is 103 cm³/mol. The van der Waals surface area contributed by atoms with Gasteiger partial charge in [-0.1, -0.05) is 24.3 Å². The van der Waals surface area contributed by atoms with E-state index in [1.54, 1.807) is 12.1 Å². The lowest BCUT2D eigenvalue weighted by molar-refractivity contribution is -0.114. The maximum Gasteiger partial charge on any atom is 0.339 e. The van der Waals surface area contributed by atoms with Crippen LogP contribution in [0.15, 0.2) is 48.5 Å². The summed E-state index contributed by atoms with van der Waals surface area (Å²) in [6, 6.07) is 11.3. The van der Waals surface area contributed by atoms with Crippen molar-refractivity contribution in [1.82, 2.24) is 4.31 Å². The number of carbonyl (C=O) groups is 2. The van der Waals surface area contributed by atoms with E-state index in [0.717, 1.165) is 10.4 Å². The number of nitrogens with zero attached hydrogens (tertiary/aromatic N) is 2. The molecule has 2 aromatic rings. The maximum atomic E-state index is 14.2. The molecule has 0 unspecified atom stereocenters. The highest BCUT2D eigenvalue weighted by atomic mass is 32.2. The first-order valence-electron chi connectivity index (χ1n) is 8.10. The topological polar surface area (TPSA) is 96.0 Å². The zero-order valence-electron chi connectivity index (χ0n) is 15.5. The van der Waals surface area contributed by atoms with Crippen LogP contribution in [0.25, 0.3) is 0 Å². The molecule has 0 spiro atoms. The molecule has 1 amide bonds. The molecule has 0 atom stereocenters. The number of anilines is 2. The summed E-state index contributed by atoms with van der Waals surface area (Å²) in [4.78, 5) is 24.3. The van der Waals surface area contributed by atoms with E-state index in [2.05, 4.69) is 10.1 Å². The van der Waals surface area contributed by atoms with Crippen molar-refractivity contribution in [3.8, 4) is 0 Å². The van der Waals surface area contributed by atoms with E-state index in [0.29, 0.717) is 4.31 Å². The average Bonchev–Trinajstić information content (AvgIpc) is 2.66. The molecule has 0 heterocycles. The Bertz CT molecular complexity index is 979. The molecule has 0 bridgehead atoms. The van der Waals surface area contributed by atoms with Gasteiger partial charge < -0.3 is 10.1 Å². The normalized spacial score (nSPS) is 11.2. The fourth-order valence-electron chi connectivity index (χ4n) is 2.34. The highest BCUT2D eigenvalue weighted by Crippen LogP contribution is 2.23. The third-order valence-electron chi connectivity index (χ3n) is 3.75. The third kappa shape index (κ3) is 4.65. The van der Waals surface area contributed by atoms with Gasteiger partial charge >= 0.3 is 16.2 Å².